The number of methoxy groups -OCH3 is 1. The Kier molecular flexibility index (Phi) is 7.52. The van der Waals surface area contributed by atoms with E-state index in [0.717, 1.165) is 16.9 Å². The van der Waals surface area contributed by atoms with Crippen molar-refractivity contribution >= 4 is 11.8 Å². The molecule has 0 spiro atoms. The van der Waals surface area contributed by atoms with E-state index in [1.165, 1.54) is 0 Å². The van der Waals surface area contributed by atoms with Crippen LogP contribution in [0.15, 0.2) is 48.5 Å². The molecule has 2 aromatic carbocycles. The molecule has 3 rings (SSSR count). The van der Waals surface area contributed by atoms with Crippen molar-refractivity contribution in [3.05, 3.63) is 59.7 Å². The Balaban J connectivity index is 1.72. The van der Waals surface area contributed by atoms with Crippen molar-refractivity contribution in [1.29, 1.82) is 0 Å². The zero-order chi connectivity index (χ0) is 22.4. The van der Waals surface area contributed by atoms with Gasteiger partial charge in [-0.1, -0.05) is 36.4 Å². The minimum absolute atomic E-state index is 0.122. The molecule has 0 aromatic heterocycles. The van der Waals surface area contributed by atoms with Crippen LogP contribution in [0.2, 0.25) is 0 Å². The number of hydrogen-bond acceptors (Lipinski definition) is 5. The molecule has 2 atom stereocenters. The highest BCUT2D eigenvalue weighted by atomic mass is 16.5. The molecule has 0 radical (unpaired) electrons. The van der Waals surface area contributed by atoms with E-state index in [0.29, 0.717) is 25.4 Å². The SMILES string of the molecule is COc1ccccc1CC(=O)NC(C)C(=O)N1Cc2ccccc2OCC1CN(C)C. The summed E-state index contributed by atoms with van der Waals surface area (Å²) in [5.74, 6) is 1.11. The number of likely N-dealkylation sites (N-methyl/N-ethyl adjacent to an activating group) is 1. The molecule has 1 aliphatic rings. The zero-order valence-corrected chi connectivity index (χ0v) is 18.6. The van der Waals surface area contributed by atoms with Crippen molar-refractivity contribution in [2.24, 2.45) is 0 Å². The van der Waals surface area contributed by atoms with Crippen LogP contribution >= 0.6 is 0 Å². The van der Waals surface area contributed by atoms with Gasteiger partial charge in [-0.25, -0.2) is 0 Å². The third kappa shape index (κ3) is 5.76. The minimum Gasteiger partial charge on any atom is -0.496 e. The van der Waals surface area contributed by atoms with Gasteiger partial charge in [0, 0.05) is 24.2 Å². The Hall–Kier alpha value is -3.06. The van der Waals surface area contributed by atoms with Gasteiger partial charge in [0.2, 0.25) is 11.8 Å². The molecule has 2 amide bonds. The summed E-state index contributed by atoms with van der Waals surface area (Å²) in [4.78, 5) is 29.9. The van der Waals surface area contributed by atoms with Crippen LogP contribution in [-0.4, -0.2) is 68.1 Å². The normalized spacial score (nSPS) is 16.7. The standard InChI is InChI=1S/C24H31N3O4/c1-17(25-23(28)13-18-9-5-7-11-21(18)30-4)24(29)27-14-19-10-6-8-12-22(19)31-16-20(27)15-26(2)3/h5-12,17,20H,13-16H2,1-4H3,(H,25,28). The smallest absolute Gasteiger partial charge is 0.245 e. The zero-order valence-electron chi connectivity index (χ0n) is 18.6. The van der Waals surface area contributed by atoms with Crippen molar-refractivity contribution < 1.29 is 19.1 Å². The van der Waals surface area contributed by atoms with Gasteiger partial charge in [-0.3, -0.25) is 9.59 Å². The maximum absolute atomic E-state index is 13.4. The number of carbonyl (C=O) groups excluding carboxylic acids is 2. The Morgan fingerprint density at radius 3 is 2.65 bits per heavy atom. The minimum atomic E-state index is -0.655. The quantitative estimate of drug-likeness (QED) is 0.736. The van der Waals surface area contributed by atoms with Crippen LogP contribution in [0.1, 0.15) is 18.1 Å². The van der Waals surface area contributed by atoms with Crippen molar-refractivity contribution in [3.8, 4) is 11.5 Å². The molecule has 7 heteroatoms. The third-order valence-electron chi connectivity index (χ3n) is 5.34. The van der Waals surface area contributed by atoms with Gasteiger partial charge in [0.25, 0.3) is 0 Å². The summed E-state index contributed by atoms with van der Waals surface area (Å²) in [6.45, 7) is 3.25. The second kappa shape index (κ2) is 10.3. The lowest BCUT2D eigenvalue weighted by atomic mass is 10.1. The maximum atomic E-state index is 13.4. The van der Waals surface area contributed by atoms with Gasteiger partial charge >= 0.3 is 0 Å². The Labute approximate surface area is 183 Å². The van der Waals surface area contributed by atoms with Crippen LogP contribution in [-0.2, 0) is 22.6 Å². The van der Waals surface area contributed by atoms with E-state index in [9.17, 15) is 9.59 Å². The van der Waals surface area contributed by atoms with E-state index in [4.69, 9.17) is 9.47 Å². The molecule has 1 aliphatic heterocycles. The lowest BCUT2D eigenvalue weighted by Gasteiger charge is -2.33. The topological polar surface area (TPSA) is 71.1 Å². The number of amides is 2. The predicted octanol–water partition coefficient (Wildman–Crippen LogP) is 2.09. The first-order valence-corrected chi connectivity index (χ1v) is 10.5. The first-order valence-electron chi connectivity index (χ1n) is 10.5. The summed E-state index contributed by atoms with van der Waals surface area (Å²) in [6.07, 6.45) is 0.148. The summed E-state index contributed by atoms with van der Waals surface area (Å²) < 4.78 is 11.3. The molecule has 0 saturated heterocycles. The van der Waals surface area contributed by atoms with Crippen molar-refractivity contribution in [3.63, 3.8) is 0 Å². The Bertz CT molecular complexity index is 915. The van der Waals surface area contributed by atoms with Crippen molar-refractivity contribution in [2.45, 2.75) is 32.0 Å². The Morgan fingerprint density at radius 2 is 1.90 bits per heavy atom. The number of hydrogen-bond donors (Lipinski definition) is 1. The third-order valence-corrected chi connectivity index (χ3v) is 5.34. The van der Waals surface area contributed by atoms with Gasteiger partial charge in [-0.05, 0) is 33.2 Å². The number of nitrogens with zero attached hydrogens (tertiary/aromatic N) is 2. The summed E-state index contributed by atoms with van der Waals surface area (Å²) in [5.41, 5.74) is 1.74. The Morgan fingerprint density at radius 1 is 1.19 bits per heavy atom. The van der Waals surface area contributed by atoms with Crippen LogP contribution < -0.4 is 14.8 Å². The molecule has 0 bridgehead atoms. The van der Waals surface area contributed by atoms with Crippen molar-refractivity contribution in [2.75, 3.05) is 34.4 Å². The lowest BCUT2D eigenvalue weighted by molar-refractivity contribution is -0.139. The van der Waals surface area contributed by atoms with Crippen LogP contribution in [0.25, 0.3) is 0 Å². The van der Waals surface area contributed by atoms with Gasteiger partial charge in [0.15, 0.2) is 0 Å². The fraction of sp³-hybridized carbons (Fsp3) is 0.417. The molecule has 7 nitrogen and oxygen atoms in total. The lowest BCUT2D eigenvalue weighted by Crippen LogP contribution is -2.53. The number of ether oxygens (including phenoxy) is 2. The predicted molar refractivity (Wildman–Crippen MR) is 119 cm³/mol. The molecule has 0 fully saturated rings. The molecule has 0 saturated carbocycles. The summed E-state index contributed by atoms with van der Waals surface area (Å²) in [6, 6.07) is 14.4. The van der Waals surface area contributed by atoms with Gasteiger partial charge < -0.3 is 24.6 Å². The maximum Gasteiger partial charge on any atom is 0.245 e. The highest BCUT2D eigenvalue weighted by Gasteiger charge is 2.32. The number of carbonyl (C=O) groups is 2. The van der Waals surface area contributed by atoms with Crippen LogP contribution in [0.5, 0.6) is 11.5 Å². The number of nitrogens with one attached hydrogen (secondary N) is 1. The van der Waals surface area contributed by atoms with E-state index >= 15 is 0 Å². The second-order valence-electron chi connectivity index (χ2n) is 8.08. The van der Waals surface area contributed by atoms with E-state index in [1.54, 1.807) is 14.0 Å². The van der Waals surface area contributed by atoms with E-state index in [-0.39, 0.29) is 24.3 Å². The average Bonchev–Trinajstić information content (AvgIpc) is 2.92. The summed E-state index contributed by atoms with van der Waals surface area (Å²) in [5, 5.41) is 2.85. The van der Waals surface area contributed by atoms with Gasteiger partial charge in [-0.15, -0.1) is 0 Å². The van der Waals surface area contributed by atoms with Gasteiger partial charge in [-0.2, -0.15) is 0 Å². The summed E-state index contributed by atoms with van der Waals surface area (Å²) >= 11 is 0. The van der Waals surface area contributed by atoms with Gasteiger partial charge in [0.05, 0.1) is 19.6 Å². The molecule has 0 aliphatic carbocycles. The molecule has 1 N–H and O–H groups in total. The molecule has 2 unspecified atom stereocenters. The molecule has 31 heavy (non-hydrogen) atoms. The van der Waals surface area contributed by atoms with E-state index in [1.807, 2.05) is 72.4 Å². The van der Waals surface area contributed by atoms with Crippen LogP contribution in [0, 0.1) is 0 Å². The summed E-state index contributed by atoms with van der Waals surface area (Å²) in [7, 11) is 5.52. The number of para-hydroxylation sites is 2. The number of fused-ring (bicyclic) bond motifs is 1. The highest BCUT2D eigenvalue weighted by Crippen LogP contribution is 2.25. The van der Waals surface area contributed by atoms with Crippen molar-refractivity contribution in [1.82, 2.24) is 15.1 Å². The largest absolute Gasteiger partial charge is 0.496 e. The fourth-order valence-corrected chi connectivity index (χ4v) is 3.82. The molecule has 2 aromatic rings. The first kappa shape index (κ1) is 22.6. The molecular formula is C24H31N3O4. The first-order chi connectivity index (χ1) is 14.9. The van der Waals surface area contributed by atoms with Crippen LogP contribution in [0.4, 0.5) is 0 Å². The molecular weight excluding hydrogens is 394 g/mol. The monoisotopic (exact) mass is 425 g/mol. The van der Waals surface area contributed by atoms with Crippen LogP contribution in [0.3, 0.4) is 0 Å². The van der Waals surface area contributed by atoms with E-state index < -0.39 is 6.04 Å². The van der Waals surface area contributed by atoms with E-state index in [2.05, 4.69) is 5.32 Å². The average molecular weight is 426 g/mol. The fourth-order valence-electron chi connectivity index (χ4n) is 3.82. The number of benzene rings is 2. The highest BCUT2D eigenvalue weighted by molar-refractivity contribution is 5.88. The number of rotatable bonds is 7. The van der Waals surface area contributed by atoms with Gasteiger partial charge in [0.1, 0.15) is 24.1 Å². The molecule has 1 heterocycles. The second-order valence-corrected chi connectivity index (χ2v) is 8.08. The molecule has 166 valence electrons.